The van der Waals surface area contributed by atoms with Crippen LogP contribution in [0.2, 0.25) is 0 Å². The molecular formula is C17H13NO4. The molecule has 0 saturated carbocycles. The summed E-state index contributed by atoms with van der Waals surface area (Å²) in [6, 6.07) is 13.4. The summed E-state index contributed by atoms with van der Waals surface area (Å²) in [5.41, 5.74) is 1.31. The normalized spacial score (nSPS) is 11.8. The average molecular weight is 295 g/mol. The SMILES string of the molecule is Cc1cc(=O)oc2c(/C(=N/O)c3ccccc3)c(O)ccc12. The van der Waals surface area contributed by atoms with Crippen LogP contribution in [-0.4, -0.2) is 16.0 Å². The Morgan fingerprint density at radius 3 is 2.55 bits per heavy atom. The minimum Gasteiger partial charge on any atom is -0.507 e. The van der Waals surface area contributed by atoms with Crippen LogP contribution >= 0.6 is 0 Å². The number of phenolic OH excluding ortho intramolecular Hbond substituents is 1. The van der Waals surface area contributed by atoms with Gasteiger partial charge >= 0.3 is 5.63 Å². The molecule has 2 N–H and O–H groups in total. The second-order valence-corrected chi connectivity index (χ2v) is 4.90. The number of aryl methyl sites for hydroxylation is 1. The van der Waals surface area contributed by atoms with Crippen molar-refractivity contribution in [3.05, 3.63) is 75.6 Å². The van der Waals surface area contributed by atoms with Gasteiger partial charge in [0.1, 0.15) is 11.5 Å². The first kappa shape index (κ1) is 13.9. The summed E-state index contributed by atoms with van der Waals surface area (Å²) in [5.74, 6) is -0.127. The van der Waals surface area contributed by atoms with E-state index in [2.05, 4.69) is 5.16 Å². The third-order valence-corrected chi connectivity index (χ3v) is 3.48. The molecule has 0 spiro atoms. The van der Waals surface area contributed by atoms with Crippen molar-refractivity contribution in [1.29, 1.82) is 0 Å². The Hall–Kier alpha value is -3.08. The van der Waals surface area contributed by atoms with Gasteiger partial charge in [-0.3, -0.25) is 0 Å². The standard InChI is InChI=1S/C17H13NO4/c1-10-9-14(20)22-17-12(10)7-8-13(19)15(17)16(18-21)11-5-3-2-4-6-11/h2-9,19,21H,1H3/b18-16+. The Bertz CT molecular complexity index is 927. The van der Waals surface area contributed by atoms with Gasteiger partial charge in [0, 0.05) is 17.0 Å². The number of phenols is 1. The monoisotopic (exact) mass is 295 g/mol. The predicted octanol–water partition coefficient (Wildman–Crippen LogP) is 3.03. The van der Waals surface area contributed by atoms with E-state index in [1.54, 1.807) is 37.3 Å². The summed E-state index contributed by atoms with van der Waals surface area (Å²) < 4.78 is 5.25. The minimum absolute atomic E-state index is 0.127. The van der Waals surface area contributed by atoms with E-state index >= 15 is 0 Å². The predicted molar refractivity (Wildman–Crippen MR) is 82.8 cm³/mol. The molecule has 22 heavy (non-hydrogen) atoms. The first-order chi connectivity index (χ1) is 10.6. The molecule has 0 amide bonds. The number of benzene rings is 2. The summed E-state index contributed by atoms with van der Waals surface area (Å²) in [6.07, 6.45) is 0. The Kier molecular flexibility index (Phi) is 3.39. The summed E-state index contributed by atoms with van der Waals surface area (Å²) in [7, 11) is 0. The van der Waals surface area contributed by atoms with Crippen LogP contribution in [0.1, 0.15) is 16.7 Å². The van der Waals surface area contributed by atoms with Crippen LogP contribution in [0.4, 0.5) is 0 Å². The second kappa shape index (κ2) is 5.37. The van der Waals surface area contributed by atoms with Crippen molar-refractivity contribution in [1.82, 2.24) is 0 Å². The Labute approximate surface area is 125 Å². The first-order valence-corrected chi connectivity index (χ1v) is 6.66. The molecule has 0 radical (unpaired) electrons. The smallest absolute Gasteiger partial charge is 0.336 e. The third kappa shape index (κ3) is 2.22. The van der Waals surface area contributed by atoms with Crippen molar-refractivity contribution in [3.63, 3.8) is 0 Å². The number of hydrogen-bond donors (Lipinski definition) is 2. The molecule has 1 aromatic heterocycles. The lowest BCUT2D eigenvalue weighted by Gasteiger charge is -2.10. The lowest BCUT2D eigenvalue weighted by molar-refractivity contribution is 0.319. The highest BCUT2D eigenvalue weighted by Crippen LogP contribution is 2.30. The van der Waals surface area contributed by atoms with Gasteiger partial charge in [-0.15, -0.1) is 0 Å². The van der Waals surface area contributed by atoms with Crippen molar-refractivity contribution in [3.8, 4) is 5.75 Å². The third-order valence-electron chi connectivity index (χ3n) is 3.48. The molecule has 0 saturated heterocycles. The largest absolute Gasteiger partial charge is 0.507 e. The molecule has 2 aromatic carbocycles. The van der Waals surface area contributed by atoms with Crippen molar-refractivity contribution >= 4 is 16.7 Å². The van der Waals surface area contributed by atoms with Crippen LogP contribution in [-0.2, 0) is 0 Å². The molecule has 0 aliphatic rings. The van der Waals surface area contributed by atoms with Crippen LogP contribution in [0.3, 0.4) is 0 Å². The van der Waals surface area contributed by atoms with Crippen LogP contribution in [0.25, 0.3) is 11.0 Å². The lowest BCUT2D eigenvalue weighted by Crippen LogP contribution is -2.07. The Morgan fingerprint density at radius 2 is 1.86 bits per heavy atom. The van der Waals surface area contributed by atoms with E-state index in [0.29, 0.717) is 10.9 Å². The molecule has 3 rings (SSSR count). The van der Waals surface area contributed by atoms with E-state index < -0.39 is 5.63 Å². The van der Waals surface area contributed by atoms with Crippen LogP contribution in [0.15, 0.2) is 62.9 Å². The number of rotatable bonds is 2. The highest BCUT2D eigenvalue weighted by Gasteiger charge is 2.19. The maximum Gasteiger partial charge on any atom is 0.336 e. The van der Waals surface area contributed by atoms with Crippen LogP contribution in [0.5, 0.6) is 5.75 Å². The molecule has 5 heteroatoms. The molecule has 0 aliphatic carbocycles. The first-order valence-electron chi connectivity index (χ1n) is 6.66. The zero-order chi connectivity index (χ0) is 15.7. The summed E-state index contributed by atoms with van der Waals surface area (Å²) in [4.78, 5) is 11.7. The zero-order valence-electron chi connectivity index (χ0n) is 11.8. The maximum atomic E-state index is 11.7. The number of oxime groups is 1. The van der Waals surface area contributed by atoms with Gasteiger partial charge in [0.25, 0.3) is 0 Å². The Balaban J connectivity index is 2.39. The molecule has 0 atom stereocenters. The van der Waals surface area contributed by atoms with Gasteiger partial charge in [-0.05, 0) is 24.6 Å². The van der Waals surface area contributed by atoms with Gasteiger partial charge in [-0.25, -0.2) is 4.79 Å². The molecule has 0 bridgehead atoms. The molecule has 5 nitrogen and oxygen atoms in total. The van der Waals surface area contributed by atoms with Gasteiger partial charge in [-0.1, -0.05) is 35.5 Å². The zero-order valence-corrected chi connectivity index (χ0v) is 11.8. The molecule has 3 aromatic rings. The molecule has 1 heterocycles. The van der Waals surface area contributed by atoms with E-state index in [4.69, 9.17) is 4.42 Å². The maximum absolute atomic E-state index is 11.7. The van der Waals surface area contributed by atoms with Crippen LogP contribution < -0.4 is 5.63 Å². The topological polar surface area (TPSA) is 83.0 Å². The molecule has 110 valence electrons. The number of hydrogen-bond acceptors (Lipinski definition) is 5. The van der Waals surface area contributed by atoms with Gasteiger partial charge in [0.05, 0.1) is 5.56 Å². The number of nitrogens with zero attached hydrogens (tertiary/aromatic N) is 1. The van der Waals surface area contributed by atoms with Gasteiger partial charge in [-0.2, -0.15) is 0 Å². The summed E-state index contributed by atoms with van der Waals surface area (Å²) in [5, 5.41) is 23.6. The molecule has 0 fully saturated rings. The summed E-state index contributed by atoms with van der Waals surface area (Å²) >= 11 is 0. The Morgan fingerprint density at radius 1 is 1.14 bits per heavy atom. The average Bonchev–Trinajstić information content (AvgIpc) is 2.51. The van der Waals surface area contributed by atoms with E-state index in [9.17, 15) is 15.1 Å². The molecular weight excluding hydrogens is 282 g/mol. The van der Waals surface area contributed by atoms with E-state index in [-0.39, 0.29) is 22.6 Å². The van der Waals surface area contributed by atoms with Crippen molar-refractivity contribution < 1.29 is 14.7 Å². The van der Waals surface area contributed by atoms with E-state index in [0.717, 1.165) is 5.56 Å². The van der Waals surface area contributed by atoms with Crippen molar-refractivity contribution in [2.24, 2.45) is 5.16 Å². The summed E-state index contributed by atoms with van der Waals surface area (Å²) in [6.45, 7) is 1.78. The number of aromatic hydroxyl groups is 1. The number of fused-ring (bicyclic) bond motifs is 1. The highest BCUT2D eigenvalue weighted by atomic mass is 16.4. The van der Waals surface area contributed by atoms with Crippen molar-refractivity contribution in [2.45, 2.75) is 6.92 Å². The van der Waals surface area contributed by atoms with Crippen LogP contribution in [0, 0.1) is 6.92 Å². The fraction of sp³-hybridized carbons (Fsp3) is 0.0588. The van der Waals surface area contributed by atoms with Gasteiger partial charge < -0.3 is 14.7 Å². The quantitative estimate of drug-likeness (QED) is 0.329. The second-order valence-electron chi connectivity index (χ2n) is 4.90. The molecule has 0 aliphatic heterocycles. The van der Waals surface area contributed by atoms with Gasteiger partial charge in [0.15, 0.2) is 5.58 Å². The van der Waals surface area contributed by atoms with Gasteiger partial charge in [0.2, 0.25) is 0 Å². The van der Waals surface area contributed by atoms with Crippen molar-refractivity contribution in [2.75, 3.05) is 0 Å². The minimum atomic E-state index is -0.526. The van der Waals surface area contributed by atoms with E-state index in [1.165, 1.54) is 12.1 Å². The fourth-order valence-electron chi connectivity index (χ4n) is 2.45. The highest BCUT2D eigenvalue weighted by molar-refractivity contribution is 6.19. The molecule has 0 unspecified atom stereocenters. The van der Waals surface area contributed by atoms with E-state index in [1.807, 2.05) is 6.07 Å². The fourth-order valence-corrected chi connectivity index (χ4v) is 2.45. The lowest BCUT2D eigenvalue weighted by atomic mass is 9.98.